The van der Waals surface area contributed by atoms with Gasteiger partial charge in [0.1, 0.15) is 6.61 Å². The lowest BCUT2D eigenvalue weighted by atomic mass is 10.1. The first kappa shape index (κ1) is 22.1. The first-order chi connectivity index (χ1) is 15.1. The number of imidazole rings is 1. The predicted molar refractivity (Wildman–Crippen MR) is 121 cm³/mol. The van der Waals surface area contributed by atoms with E-state index in [4.69, 9.17) is 4.74 Å². The van der Waals surface area contributed by atoms with Gasteiger partial charge in [0.05, 0.1) is 11.9 Å². The summed E-state index contributed by atoms with van der Waals surface area (Å²) in [5.41, 5.74) is 2.99. The lowest BCUT2D eigenvalue weighted by molar-refractivity contribution is -0.116. The minimum atomic E-state index is -0.427. The second-order valence-electron chi connectivity index (χ2n) is 7.06. The van der Waals surface area contributed by atoms with Crippen molar-refractivity contribution in [1.82, 2.24) is 9.55 Å². The van der Waals surface area contributed by atoms with Crippen LogP contribution in [0.15, 0.2) is 67.3 Å². The highest BCUT2D eigenvalue weighted by atomic mass is 16.5. The van der Waals surface area contributed by atoms with Crippen molar-refractivity contribution in [2.45, 2.75) is 33.4 Å². The van der Waals surface area contributed by atoms with E-state index in [0.29, 0.717) is 24.2 Å². The maximum absolute atomic E-state index is 12.6. The van der Waals surface area contributed by atoms with Gasteiger partial charge in [0.25, 0.3) is 0 Å². The molecule has 0 unspecified atom stereocenters. The first-order valence-electron chi connectivity index (χ1n) is 10.5. The summed E-state index contributed by atoms with van der Waals surface area (Å²) in [7, 11) is 0. The Hall–Kier alpha value is -3.61. The van der Waals surface area contributed by atoms with E-state index in [2.05, 4.69) is 29.0 Å². The average Bonchev–Trinajstić information content (AvgIpc) is 3.31. The van der Waals surface area contributed by atoms with Gasteiger partial charge in [0, 0.05) is 55.4 Å². The maximum atomic E-state index is 12.6. The van der Waals surface area contributed by atoms with Crippen molar-refractivity contribution < 1.29 is 14.3 Å². The van der Waals surface area contributed by atoms with Crippen LogP contribution in [0.25, 0.3) is 0 Å². The van der Waals surface area contributed by atoms with Crippen LogP contribution in [0.4, 0.5) is 11.4 Å². The lowest BCUT2D eigenvalue weighted by Crippen LogP contribution is -2.23. The van der Waals surface area contributed by atoms with Gasteiger partial charge in [-0.05, 0) is 38.1 Å². The molecule has 0 saturated carbocycles. The summed E-state index contributed by atoms with van der Waals surface area (Å²) in [6, 6.07) is 14.7. The molecule has 31 heavy (non-hydrogen) atoms. The minimum absolute atomic E-state index is 0.132. The van der Waals surface area contributed by atoms with Gasteiger partial charge in [0.15, 0.2) is 0 Å². The zero-order chi connectivity index (χ0) is 22.1. The number of amides is 1. The molecule has 7 heteroatoms. The largest absolute Gasteiger partial charge is 0.457 e. The Kier molecular flexibility index (Phi) is 7.81. The van der Waals surface area contributed by atoms with Crippen molar-refractivity contribution in [3.63, 3.8) is 0 Å². The Bertz CT molecular complexity index is 998. The van der Waals surface area contributed by atoms with Gasteiger partial charge in [-0.15, -0.1) is 0 Å². The fourth-order valence-electron chi connectivity index (χ4n) is 3.33. The van der Waals surface area contributed by atoms with Crippen molar-refractivity contribution >= 4 is 23.3 Å². The third-order valence-electron chi connectivity index (χ3n) is 4.99. The highest BCUT2D eigenvalue weighted by molar-refractivity contribution is 5.94. The first-order valence-corrected chi connectivity index (χ1v) is 10.5. The van der Waals surface area contributed by atoms with Crippen LogP contribution in [-0.2, 0) is 22.7 Å². The molecule has 0 fully saturated rings. The summed E-state index contributed by atoms with van der Waals surface area (Å²) in [6.45, 7) is 6.68. The van der Waals surface area contributed by atoms with Crippen LogP contribution in [0, 0.1) is 0 Å². The molecule has 1 heterocycles. The van der Waals surface area contributed by atoms with Crippen molar-refractivity contribution in [2.24, 2.45) is 0 Å². The van der Waals surface area contributed by atoms with E-state index in [0.717, 1.165) is 24.3 Å². The average molecular weight is 421 g/mol. The van der Waals surface area contributed by atoms with Crippen LogP contribution in [0.1, 0.15) is 36.2 Å². The molecule has 3 aromatic rings. The quantitative estimate of drug-likeness (QED) is 0.500. The number of carbonyl (C=O) groups excluding carboxylic acids is 2. The standard InChI is InChI=1S/C24H28N4O3/c1-3-28(4-2)22-11-6-5-8-20(22)17-31-24(30)19-9-7-10-21(16-19)26-23(29)12-14-27-15-13-25-18-27/h5-11,13,15-16,18H,3-4,12,14,17H2,1-2H3,(H,26,29). The molecule has 0 spiro atoms. The Labute approximate surface area is 182 Å². The zero-order valence-corrected chi connectivity index (χ0v) is 18.0. The molecule has 0 bridgehead atoms. The van der Waals surface area contributed by atoms with E-state index >= 15 is 0 Å². The number of rotatable bonds is 10. The number of aryl methyl sites for hydroxylation is 1. The maximum Gasteiger partial charge on any atom is 0.338 e. The van der Waals surface area contributed by atoms with Gasteiger partial charge >= 0.3 is 5.97 Å². The predicted octanol–water partition coefficient (Wildman–Crippen LogP) is 4.12. The van der Waals surface area contributed by atoms with Crippen LogP contribution in [0.2, 0.25) is 0 Å². The topological polar surface area (TPSA) is 76.5 Å². The highest BCUT2D eigenvalue weighted by Crippen LogP contribution is 2.22. The number of esters is 1. The zero-order valence-electron chi connectivity index (χ0n) is 18.0. The minimum Gasteiger partial charge on any atom is -0.457 e. The monoisotopic (exact) mass is 420 g/mol. The Morgan fingerprint density at radius 2 is 1.90 bits per heavy atom. The van der Waals surface area contributed by atoms with Gasteiger partial charge in [-0.3, -0.25) is 4.79 Å². The number of benzene rings is 2. The Morgan fingerprint density at radius 3 is 2.65 bits per heavy atom. The van der Waals surface area contributed by atoms with E-state index in [1.165, 1.54) is 0 Å². The van der Waals surface area contributed by atoms with Gasteiger partial charge in [-0.1, -0.05) is 24.3 Å². The summed E-state index contributed by atoms with van der Waals surface area (Å²) in [5.74, 6) is -0.559. The number of nitrogens with zero attached hydrogens (tertiary/aromatic N) is 3. The number of hydrogen-bond donors (Lipinski definition) is 1. The summed E-state index contributed by atoms with van der Waals surface area (Å²) < 4.78 is 7.40. The number of aromatic nitrogens is 2. The summed E-state index contributed by atoms with van der Waals surface area (Å²) >= 11 is 0. The van der Waals surface area contributed by atoms with Gasteiger partial charge in [-0.25, -0.2) is 9.78 Å². The molecule has 0 aliphatic heterocycles. The molecule has 1 N–H and O–H groups in total. The van der Waals surface area contributed by atoms with E-state index in [9.17, 15) is 9.59 Å². The van der Waals surface area contributed by atoms with E-state index in [1.807, 2.05) is 35.0 Å². The Balaban J connectivity index is 1.58. The number of nitrogens with one attached hydrogen (secondary N) is 1. The third-order valence-corrected chi connectivity index (χ3v) is 4.99. The second kappa shape index (κ2) is 11.0. The molecule has 3 rings (SSSR count). The molecule has 0 aliphatic carbocycles. The highest BCUT2D eigenvalue weighted by Gasteiger charge is 2.13. The number of hydrogen-bond acceptors (Lipinski definition) is 5. The summed E-state index contributed by atoms with van der Waals surface area (Å²) in [4.78, 5) is 31.0. The van der Waals surface area contributed by atoms with Crippen LogP contribution in [0.3, 0.4) is 0 Å². The molecule has 1 amide bonds. The number of ether oxygens (including phenoxy) is 1. The molecule has 162 valence electrons. The molecule has 0 saturated heterocycles. The Morgan fingerprint density at radius 1 is 1.10 bits per heavy atom. The van der Waals surface area contributed by atoms with E-state index in [-0.39, 0.29) is 12.5 Å². The van der Waals surface area contributed by atoms with Crippen LogP contribution in [0.5, 0.6) is 0 Å². The van der Waals surface area contributed by atoms with E-state index < -0.39 is 5.97 Å². The van der Waals surface area contributed by atoms with Gasteiger partial charge < -0.3 is 19.5 Å². The normalized spacial score (nSPS) is 10.5. The van der Waals surface area contributed by atoms with Crippen molar-refractivity contribution in [3.05, 3.63) is 78.4 Å². The summed E-state index contributed by atoms with van der Waals surface area (Å²) in [5, 5.41) is 2.83. The SMILES string of the molecule is CCN(CC)c1ccccc1COC(=O)c1cccc(NC(=O)CCn2ccnc2)c1. The fourth-order valence-corrected chi connectivity index (χ4v) is 3.33. The molecule has 7 nitrogen and oxygen atoms in total. The van der Waals surface area contributed by atoms with Gasteiger partial charge in [0.2, 0.25) is 5.91 Å². The molecule has 2 aromatic carbocycles. The van der Waals surface area contributed by atoms with Crippen molar-refractivity contribution in [1.29, 1.82) is 0 Å². The lowest BCUT2D eigenvalue weighted by Gasteiger charge is -2.24. The third kappa shape index (κ3) is 6.18. The number of anilines is 2. The molecule has 0 radical (unpaired) electrons. The van der Waals surface area contributed by atoms with Crippen LogP contribution < -0.4 is 10.2 Å². The van der Waals surface area contributed by atoms with Crippen molar-refractivity contribution in [2.75, 3.05) is 23.3 Å². The second-order valence-corrected chi connectivity index (χ2v) is 7.06. The molecule has 1 aromatic heterocycles. The van der Waals surface area contributed by atoms with Crippen molar-refractivity contribution in [3.8, 4) is 0 Å². The molecular formula is C24H28N4O3. The molecule has 0 aliphatic rings. The van der Waals surface area contributed by atoms with Gasteiger partial charge in [-0.2, -0.15) is 0 Å². The molecule has 0 atom stereocenters. The summed E-state index contributed by atoms with van der Waals surface area (Å²) in [6.07, 6.45) is 5.46. The fraction of sp³-hybridized carbons (Fsp3) is 0.292. The number of carbonyl (C=O) groups is 2. The van der Waals surface area contributed by atoms with Crippen LogP contribution >= 0.6 is 0 Å². The number of para-hydroxylation sites is 1. The molecular weight excluding hydrogens is 392 g/mol. The van der Waals surface area contributed by atoms with Crippen LogP contribution in [-0.4, -0.2) is 34.5 Å². The smallest absolute Gasteiger partial charge is 0.338 e. The van der Waals surface area contributed by atoms with E-state index in [1.54, 1.807) is 36.8 Å².